The molecule has 1 aromatic carbocycles. The third kappa shape index (κ3) is 20.1. The van der Waals surface area contributed by atoms with Crippen molar-refractivity contribution in [2.45, 2.75) is 64.7 Å². The Morgan fingerprint density at radius 3 is 1.78 bits per heavy atom. The number of carboxylic acid groups (broad SMARTS) is 1. The largest absolute Gasteiger partial charge is 1.00 e. The molecule has 0 saturated carbocycles. The van der Waals surface area contributed by atoms with Crippen LogP contribution in [0.5, 0.6) is 5.75 Å². The van der Waals surface area contributed by atoms with E-state index in [-0.39, 0.29) is 77.0 Å². The predicted molar refractivity (Wildman–Crippen MR) is 133 cm³/mol. The van der Waals surface area contributed by atoms with Crippen molar-refractivity contribution < 1.29 is 96.9 Å². The van der Waals surface area contributed by atoms with Crippen molar-refractivity contribution in [2.24, 2.45) is 0 Å². The molecule has 0 bridgehead atoms. The van der Waals surface area contributed by atoms with Gasteiger partial charge in [-0.2, -0.15) is 0 Å². The number of rotatable bonds is 25. The summed E-state index contributed by atoms with van der Waals surface area (Å²) in [6.07, 6.45) is 10.8. The van der Waals surface area contributed by atoms with Crippen molar-refractivity contribution in [1.29, 1.82) is 0 Å². The zero-order chi connectivity index (χ0) is 25.4. The van der Waals surface area contributed by atoms with Crippen LogP contribution in [0.15, 0.2) is 18.2 Å². The van der Waals surface area contributed by atoms with E-state index in [9.17, 15) is 9.90 Å². The maximum absolute atomic E-state index is 11.6. The summed E-state index contributed by atoms with van der Waals surface area (Å²) in [5.41, 5.74) is 1.09. The van der Waals surface area contributed by atoms with Gasteiger partial charge < -0.3 is 38.7 Å². The van der Waals surface area contributed by atoms with E-state index in [2.05, 4.69) is 6.92 Å². The van der Waals surface area contributed by atoms with Crippen LogP contribution >= 0.6 is 0 Å². The van der Waals surface area contributed by atoms with E-state index in [1.165, 1.54) is 44.9 Å². The second kappa shape index (κ2) is 26.7. The molecule has 0 spiro atoms. The van der Waals surface area contributed by atoms with Gasteiger partial charge in [-0.15, -0.1) is 0 Å². The quantitative estimate of drug-likeness (QED) is 0.163. The average molecular weight is 583 g/mol. The molecule has 0 saturated heterocycles. The van der Waals surface area contributed by atoms with Gasteiger partial charge in [0.15, 0.2) is 0 Å². The smallest absolute Gasteiger partial charge is 0.545 e. The summed E-state index contributed by atoms with van der Waals surface area (Å²) in [5, 5.41) is 20.1. The standard InChI is InChI=1S/C27H46O8.Rb/c1-2-3-4-5-6-7-8-9-10-24-11-12-26(25(23-24)27(29)30)35-22-21-34-20-19-33-18-17-32-16-15-31-14-13-28;/h11-12,23,28H,2-10,13-22H2,1H3,(H,29,30);/q;+1/p-1. The Morgan fingerprint density at radius 1 is 0.750 bits per heavy atom. The number of carbonyl (C=O) groups excluding carboxylic acids is 1. The molecule has 1 N–H and O–H groups in total. The number of carbonyl (C=O) groups is 1. The molecule has 0 unspecified atom stereocenters. The molecule has 1 rings (SSSR count). The zero-order valence-electron chi connectivity index (χ0n) is 22.5. The SMILES string of the molecule is CCCCCCCCCCc1ccc(OCCOCCOCCOCCOCCO)c(C(=O)[O-])c1.[Rb+]. The molecular weight excluding hydrogens is 538 g/mol. The first-order valence-corrected chi connectivity index (χ1v) is 13.1. The topological polar surface area (TPSA) is 107 Å². The minimum absolute atomic E-state index is 0. The van der Waals surface area contributed by atoms with Crippen molar-refractivity contribution in [3.05, 3.63) is 29.3 Å². The number of aliphatic hydroxyl groups is 1. The third-order valence-electron chi connectivity index (χ3n) is 5.42. The van der Waals surface area contributed by atoms with Crippen molar-refractivity contribution in [3.63, 3.8) is 0 Å². The molecule has 0 aliphatic heterocycles. The fourth-order valence-corrected chi connectivity index (χ4v) is 3.52. The zero-order valence-corrected chi connectivity index (χ0v) is 27.4. The summed E-state index contributed by atoms with van der Waals surface area (Å²) in [5.74, 6) is -0.918. The Labute approximate surface area is 266 Å². The van der Waals surface area contributed by atoms with Crippen molar-refractivity contribution in [3.8, 4) is 5.75 Å². The predicted octanol–water partition coefficient (Wildman–Crippen LogP) is 0.175. The monoisotopic (exact) mass is 582 g/mol. The second-order valence-electron chi connectivity index (χ2n) is 8.36. The fraction of sp³-hybridized carbons (Fsp3) is 0.741. The van der Waals surface area contributed by atoms with Crippen LogP contribution in [0.25, 0.3) is 0 Å². The van der Waals surface area contributed by atoms with Crippen molar-refractivity contribution >= 4 is 5.97 Å². The number of unbranched alkanes of at least 4 members (excludes halogenated alkanes) is 7. The van der Waals surface area contributed by atoms with Crippen LogP contribution in [0.1, 0.15) is 74.2 Å². The van der Waals surface area contributed by atoms with Gasteiger partial charge in [-0.25, -0.2) is 0 Å². The van der Waals surface area contributed by atoms with Gasteiger partial charge >= 0.3 is 58.2 Å². The third-order valence-corrected chi connectivity index (χ3v) is 5.42. The van der Waals surface area contributed by atoms with Crippen molar-refractivity contribution in [2.75, 3.05) is 66.1 Å². The Bertz CT molecular complexity index is 644. The van der Waals surface area contributed by atoms with Gasteiger partial charge in [-0.3, -0.25) is 0 Å². The molecule has 0 radical (unpaired) electrons. The first-order valence-electron chi connectivity index (χ1n) is 13.1. The molecule has 0 fully saturated rings. The number of hydrogen-bond acceptors (Lipinski definition) is 8. The number of hydrogen-bond donors (Lipinski definition) is 1. The molecule has 0 heterocycles. The van der Waals surface area contributed by atoms with Crippen LogP contribution in [-0.4, -0.2) is 77.1 Å². The minimum atomic E-state index is -1.23. The van der Waals surface area contributed by atoms with Crippen LogP contribution in [-0.2, 0) is 25.4 Å². The van der Waals surface area contributed by atoms with Crippen LogP contribution in [0.3, 0.4) is 0 Å². The summed E-state index contributed by atoms with van der Waals surface area (Å²) in [4.78, 5) is 11.6. The normalized spacial score (nSPS) is 10.8. The molecule has 0 aliphatic carbocycles. The summed E-state index contributed by atoms with van der Waals surface area (Å²) in [7, 11) is 0. The molecule has 8 nitrogen and oxygen atoms in total. The van der Waals surface area contributed by atoms with E-state index in [0.717, 1.165) is 18.4 Å². The molecule has 0 atom stereocenters. The number of carboxylic acids is 1. The first-order chi connectivity index (χ1) is 17.2. The molecular formula is C27H45O8Rb. The molecule has 36 heavy (non-hydrogen) atoms. The number of ether oxygens (including phenoxy) is 5. The van der Waals surface area contributed by atoms with Crippen molar-refractivity contribution in [1.82, 2.24) is 0 Å². The van der Waals surface area contributed by atoms with Crippen LogP contribution in [0.2, 0.25) is 0 Å². The van der Waals surface area contributed by atoms with E-state index >= 15 is 0 Å². The summed E-state index contributed by atoms with van der Waals surface area (Å²) in [6, 6.07) is 5.31. The first kappa shape index (κ1) is 36.1. The minimum Gasteiger partial charge on any atom is -0.545 e. The van der Waals surface area contributed by atoms with Gasteiger partial charge in [0.2, 0.25) is 0 Å². The van der Waals surface area contributed by atoms with E-state index in [0.29, 0.717) is 58.6 Å². The van der Waals surface area contributed by atoms with Gasteiger partial charge in [-0.05, 0) is 30.5 Å². The Balaban J connectivity index is 0.0000122. The molecule has 202 valence electrons. The van der Waals surface area contributed by atoms with E-state index in [1.54, 1.807) is 12.1 Å². The number of aliphatic hydroxyl groups excluding tert-OH is 1. The van der Waals surface area contributed by atoms with Gasteiger partial charge in [0.05, 0.1) is 65.4 Å². The Morgan fingerprint density at radius 2 is 1.25 bits per heavy atom. The molecule has 0 aliphatic rings. The summed E-state index contributed by atoms with van der Waals surface area (Å²) in [6.45, 7) is 5.81. The van der Waals surface area contributed by atoms with Gasteiger partial charge in [-0.1, -0.05) is 57.9 Å². The van der Waals surface area contributed by atoms with Gasteiger partial charge in [0.1, 0.15) is 12.4 Å². The van der Waals surface area contributed by atoms with E-state index in [4.69, 9.17) is 28.8 Å². The van der Waals surface area contributed by atoms with Gasteiger partial charge in [0.25, 0.3) is 0 Å². The maximum atomic E-state index is 11.6. The van der Waals surface area contributed by atoms with Crippen LogP contribution in [0, 0.1) is 0 Å². The average Bonchev–Trinajstić information content (AvgIpc) is 2.86. The summed E-state index contributed by atoms with van der Waals surface area (Å²) < 4.78 is 26.9. The summed E-state index contributed by atoms with van der Waals surface area (Å²) >= 11 is 0. The molecule has 0 amide bonds. The fourth-order valence-electron chi connectivity index (χ4n) is 3.52. The van der Waals surface area contributed by atoms with Gasteiger partial charge in [0, 0.05) is 5.56 Å². The Hall–Kier alpha value is 0.0952. The maximum Gasteiger partial charge on any atom is 1.00 e. The Kier molecular flexibility index (Phi) is 26.8. The van der Waals surface area contributed by atoms with Crippen LogP contribution in [0.4, 0.5) is 0 Å². The molecule has 0 aromatic heterocycles. The second-order valence-corrected chi connectivity index (χ2v) is 8.36. The number of aromatic carboxylic acids is 1. The molecule has 9 heteroatoms. The molecule has 1 aromatic rings. The van der Waals surface area contributed by atoms with E-state index in [1.807, 2.05) is 6.07 Å². The number of aryl methyl sites for hydroxylation is 1. The van der Waals surface area contributed by atoms with E-state index < -0.39 is 5.97 Å². The number of benzene rings is 1. The van der Waals surface area contributed by atoms with Crippen LogP contribution < -0.4 is 68.0 Å².